The monoisotopic (exact) mass is 527 g/mol. The van der Waals surface area contributed by atoms with Gasteiger partial charge in [-0.25, -0.2) is 0 Å². The number of phenols is 2. The lowest BCUT2D eigenvalue weighted by molar-refractivity contribution is -0.622. The molecule has 1 fully saturated rings. The summed E-state index contributed by atoms with van der Waals surface area (Å²) in [5.74, 6) is -29.1. The Balaban J connectivity index is 2.67. The van der Waals surface area contributed by atoms with Crippen LogP contribution in [0.4, 0.5) is 0 Å². The Kier molecular flexibility index (Phi) is 5.92. The van der Waals surface area contributed by atoms with Gasteiger partial charge in [0.1, 0.15) is 0 Å². The largest absolute Gasteiger partial charge is 0.504 e. The van der Waals surface area contributed by atoms with Gasteiger partial charge in [0, 0.05) is 0 Å². The number of aliphatic hydroxyl groups is 12. The second-order valence-electron chi connectivity index (χ2n) is 9.27. The van der Waals surface area contributed by atoms with Crippen molar-refractivity contribution in [2.24, 2.45) is 5.92 Å². The van der Waals surface area contributed by atoms with Crippen LogP contribution < -0.4 is 9.47 Å². The zero-order chi connectivity index (χ0) is 28.2. The fourth-order valence-electron chi connectivity index (χ4n) is 4.99. The number of fused-ring (bicyclic) bond motifs is 3. The highest BCUT2D eigenvalue weighted by molar-refractivity contribution is 5.70. The Labute approximate surface area is 201 Å². The van der Waals surface area contributed by atoms with Crippen LogP contribution in [-0.4, -0.2) is 120 Å². The molecular weight excluding hydrogens is 498 g/mol. The van der Waals surface area contributed by atoms with E-state index in [2.05, 4.69) is 0 Å². The Morgan fingerprint density at radius 3 is 1.47 bits per heavy atom. The van der Waals surface area contributed by atoms with Crippen LogP contribution >= 0.6 is 0 Å². The van der Waals surface area contributed by atoms with Crippen molar-refractivity contribution < 1.29 is 81.0 Å². The van der Waals surface area contributed by atoms with E-state index in [0.29, 0.717) is 0 Å². The number of hydrogen-bond donors (Lipinski definition) is 14. The molecule has 1 aromatic rings. The normalized spacial score (nSPS) is 31.5. The predicted molar refractivity (Wildman–Crippen MR) is 108 cm³/mol. The summed E-state index contributed by atoms with van der Waals surface area (Å²) < 4.78 is 9.59. The number of methoxy groups -OCH3 is 2. The van der Waals surface area contributed by atoms with E-state index >= 15 is 0 Å². The van der Waals surface area contributed by atoms with Gasteiger partial charge in [-0.05, 0) is 12.3 Å². The summed E-state index contributed by atoms with van der Waals surface area (Å²) in [6, 6.07) is 0. The maximum Gasteiger partial charge on any atom is 0.293 e. The van der Waals surface area contributed by atoms with Crippen molar-refractivity contribution >= 4 is 0 Å². The van der Waals surface area contributed by atoms with Gasteiger partial charge in [-0.15, -0.1) is 0 Å². The first-order valence-electron chi connectivity index (χ1n) is 10.2. The third kappa shape index (κ3) is 2.72. The molecule has 0 aromatic heterocycles. The van der Waals surface area contributed by atoms with Crippen molar-refractivity contribution in [1.29, 1.82) is 0 Å². The highest BCUT2D eigenvalue weighted by Crippen LogP contribution is 2.67. The van der Waals surface area contributed by atoms with Crippen LogP contribution in [0.3, 0.4) is 0 Å². The first-order chi connectivity index (χ1) is 16.0. The molecule has 206 valence electrons. The van der Waals surface area contributed by atoms with Gasteiger partial charge < -0.3 is 81.0 Å². The molecule has 0 spiro atoms. The minimum Gasteiger partial charge on any atom is -0.504 e. The third-order valence-electron chi connectivity index (χ3n) is 6.69. The summed E-state index contributed by atoms with van der Waals surface area (Å²) in [6.07, 6.45) is -1.18. The minimum atomic E-state index is -4.77. The Morgan fingerprint density at radius 1 is 0.667 bits per heavy atom. The smallest absolute Gasteiger partial charge is 0.293 e. The molecule has 1 aromatic carbocycles. The van der Waals surface area contributed by atoms with E-state index in [-0.39, 0.29) is 0 Å². The molecule has 0 radical (unpaired) electrons. The molecule has 0 amide bonds. The molecule has 36 heavy (non-hydrogen) atoms. The SMILES string of the molecule is COc1c(O)c2c(c(O)c1OC)C1(O)N(C(O)(O)C2(O)O)C(O)(O)C(O)(CC(C)C)C(O)(O)C1(O)O. The van der Waals surface area contributed by atoms with Crippen LogP contribution in [0.25, 0.3) is 0 Å². The highest BCUT2D eigenvalue weighted by Gasteiger charge is 2.90. The van der Waals surface area contributed by atoms with Gasteiger partial charge in [-0.2, -0.15) is 4.90 Å². The summed E-state index contributed by atoms with van der Waals surface area (Å²) in [6.45, 7) is 2.53. The standard InChI is InChI=1S/C19H29NO16/c1-6(2)5-13(23)16(27,28)17(29,30)14(24)7-8(10(22)12(36-4)11(35-3)9(7)21)15(25,26)19(33,34)20(14)18(13,31)32/h6,21-34H,5H2,1-4H3. The number of aromatic hydroxyl groups is 2. The van der Waals surface area contributed by atoms with Gasteiger partial charge in [-0.1, -0.05) is 13.8 Å². The van der Waals surface area contributed by atoms with E-state index < -0.39 is 91.9 Å². The lowest BCUT2D eigenvalue weighted by atomic mass is 9.64. The van der Waals surface area contributed by atoms with Crippen LogP contribution in [0.2, 0.25) is 0 Å². The van der Waals surface area contributed by atoms with E-state index in [4.69, 9.17) is 9.47 Å². The van der Waals surface area contributed by atoms with Crippen molar-refractivity contribution in [2.45, 2.75) is 60.8 Å². The second kappa shape index (κ2) is 7.48. The van der Waals surface area contributed by atoms with Crippen LogP contribution in [0.5, 0.6) is 23.0 Å². The van der Waals surface area contributed by atoms with E-state index in [1.54, 1.807) is 0 Å². The molecule has 2 atom stereocenters. The molecule has 2 unspecified atom stereocenters. The lowest BCUT2D eigenvalue weighted by Crippen LogP contribution is -2.96. The first-order valence-corrected chi connectivity index (χ1v) is 10.2. The number of nitrogens with zero attached hydrogens (tertiary/aromatic N) is 1. The molecule has 17 heteroatoms. The molecule has 0 saturated carbocycles. The topological polar surface area (TPSA) is 305 Å². The number of phenolic OH excluding ortho intramolecular Hbond substituents is 2. The Hall–Kier alpha value is -2.10. The minimum absolute atomic E-state index is 0.847. The summed E-state index contributed by atoms with van der Waals surface area (Å²) in [4.78, 5) is -1.10. The van der Waals surface area contributed by atoms with Gasteiger partial charge in [0.25, 0.3) is 29.2 Å². The van der Waals surface area contributed by atoms with E-state index in [1.807, 2.05) is 0 Å². The molecule has 1 saturated heterocycles. The Bertz CT molecular complexity index is 1080. The van der Waals surface area contributed by atoms with Crippen LogP contribution in [-0.2, 0) is 11.5 Å². The average molecular weight is 527 g/mol. The maximum absolute atomic E-state index is 11.5. The fourth-order valence-corrected chi connectivity index (χ4v) is 4.99. The molecule has 2 aliphatic heterocycles. The van der Waals surface area contributed by atoms with Crippen molar-refractivity contribution in [2.75, 3.05) is 14.2 Å². The molecule has 2 heterocycles. The molecule has 0 bridgehead atoms. The summed E-state index contributed by atoms with van der Waals surface area (Å²) in [5.41, 5.74) is -12.1. The van der Waals surface area contributed by atoms with Crippen molar-refractivity contribution in [1.82, 2.24) is 4.90 Å². The highest BCUT2D eigenvalue weighted by atomic mass is 16.7. The van der Waals surface area contributed by atoms with E-state index in [9.17, 15) is 71.5 Å². The van der Waals surface area contributed by atoms with Gasteiger partial charge in [0.05, 0.1) is 25.3 Å². The van der Waals surface area contributed by atoms with Crippen molar-refractivity contribution in [3.05, 3.63) is 11.1 Å². The number of benzene rings is 1. The van der Waals surface area contributed by atoms with Crippen LogP contribution in [0, 0.1) is 5.92 Å². The zero-order valence-electron chi connectivity index (χ0n) is 19.3. The van der Waals surface area contributed by atoms with Crippen LogP contribution in [0.1, 0.15) is 31.4 Å². The van der Waals surface area contributed by atoms with Crippen LogP contribution in [0.15, 0.2) is 0 Å². The van der Waals surface area contributed by atoms with Crippen molar-refractivity contribution in [3.8, 4) is 23.0 Å². The van der Waals surface area contributed by atoms with Gasteiger partial charge >= 0.3 is 0 Å². The molecule has 0 aliphatic carbocycles. The molecule has 2 aliphatic rings. The number of ether oxygens (including phenoxy) is 2. The van der Waals surface area contributed by atoms with E-state index in [0.717, 1.165) is 14.2 Å². The first kappa shape index (κ1) is 28.5. The molecular formula is C19H29NO16. The quantitative estimate of drug-likeness (QED) is 0.128. The van der Waals surface area contributed by atoms with E-state index in [1.165, 1.54) is 13.8 Å². The lowest BCUT2D eigenvalue weighted by Gasteiger charge is -2.69. The second-order valence-corrected chi connectivity index (χ2v) is 9.27. The summed E-state index contributed by atoms with van der Waals surface area (Å²) >= 11 is 0. The predicted octanol–water partition coefficient (Wildman–Crippen LogP) is -5.86. The summed E-state index contributed by atoms with van der Waals surface area (Å²) in [5, 5.41) is 152. The molecule has 17 nitrogen and oxygen atoms in total. The summed E-state index contributed by atoms with van der Waals surface area (Å²) in [7, 11) is 1.71. The van der Waals surface area contributed by atoms with Gasteiger partial charge in [0.15, 0.2) is 17.1 Å². The maximum atomic E-state index is 11.5. The Morgan fingerprint density at radius 2 is 1.08 bits per heavy atom. The average Bonchev–Trinajstić information content (AvgIpc) is 2.70. The zero-order valence-corrected chi connectivity index (χ0v) is 19.3. The third-order valence-corrected chi connectivity index (χ3v) is 6.69. The van der Waals surface area contributed by atoms with Gasteiger partial charge in [0.2, 0.25) is 17.2 Å². The van der Waals surface area contributed by atoms with Gasteiger partial charge in [-0.3, -0.25) is 0 Å². The molecule has 14 N–H and O–H groups in total. The number of hydrogen-bond acceptors (Lipinski definition) is 17. The molecule has 3 rings (SSSR count). The van der Waals surface area contributed by atoms with Crippen molar-refractivity contribution in [3.63, 3.8) is 0 Å². The number of rotatable bonds is 4. The fraction of sp³-hybridized carbons (Fsp3) is 0.684. The number of piperidine rings is 1.